The second-order valence-electron chi connectivity index (χ2n) is 16.3. The molecule has 14 nitrogen and oxygen atoms in total. The topological polar surface area (TPSA) is 174 Å². The van der Waals surface area contributed by atoms with Crippen molar-refractivity contribution >= 4 is 35.4 Å². The van der Waals surface area contributed by atoms with Crippen LogP contribution in [-0.2, 0) is 14.3 Å². The quantitative estimate of drug-likeness (QED) is 0.107. The van der Waals surface area contributed by atoms with Crippen LogP contribution in [0.2, 0.25) is 0 Å². The summed E-state index contributed by atoms with van der Waals surface area (Å²) >= 11 is 0. The van der Waals surface area contributed by atoms with Crippen LogP contribution in [0.1, 0.15) is 108 Å². The number of anilines is 3. The summed E-state index contributed by atoms with van der Waals surface area (Å²) in [6.45, 7) is 5.35. The number of nitrogens with zero attached hydrogens (tertiary/aromatic N) is 5. The van der Waals surface area contributed by atoms with Gasteiger partial charge in [-0.3, -0.25) is 19.8 Å². The second-order valence-corrected chi connectivity index (χ2v) is 16.3. The van der Waals surface area contributed by atoms with Crippen LogP contribution in [0, 0.1) is 17.6 Å². The number of carbonyl (C=O) groups is 3. The first kappa shape index (κ1) is 41.4. The van der Waals surface area contributed by atoms with Crippen molar-refractivity contribution in [1.82, 2.24) is 30.6 Å². The molecule has 3 aromatic rings. The van der Waals surface area contributed by atoms with Crippen molar-refractivity contribution < 1.29 is 38.8 Å². The molecule has 1 atom stereocenters. The molecule has 58 heavy (non-hydrogen) atoms. The van der Waals surface area contributed by atoms with Gasteiger partial charge in [-0.1, -0.05) is 19.1 Å². The van der Waals surface area contributed by atoms with E-state index < -0.39 is 18.0 Å². The van der Waals surface area contributed by atoms with E-state index >= 15 is 0 Å². The summed E-state index contributed by atoms with van der Waals surface area (Å²) in [5, 5.41) is 17.6. The summed E-state index contributed by atoms with van der Waals surface area (Å²) in [4.78, 5) is 52.0. The summed E-state index contributed by atoms with van der Waals surface area (Å²) in [6.07, 6.45) is 12.8. The summed E-state index contributed by atoms with van der Waals surface area (Å²) in [6, 6.07) is 10.7. The van der Waals surface area contributed by atoms with Gasteiger partial charge in [-0.25, -0.2) is 34.0 Å². The summed E-state index contributed by atoms with van der Waals surface area (Å²) in [5.41, 5.74) is 4.07. The maximum atomic E-state index is 14.8. The molecule has 2 aliphatic carbocycles. The molecule has 2 aromatic heterocycles. The number of halogens is 2. The molecule has 1 aromatic carbocycles. The number of amides is 3. The Kier molecular flexibility index (Phi) is 13.8. The van der Waals surface area contributed by atoms with Gasteiger partial charge in [-0.2, -0.15) is 0 Å². The number of imide groups is 1. The Labute approximate surface area is 343 Å². The molecule has 5 heterocycles. The van der Waals surface area contributed by atoms with Gasteiger partial charge in [0.2, 0.25) is 17.8 Å². The lowest BCUT2D eigenvalue weighted by Gasteiger charge is -2.40. The Hall–Kier alpha value is -4.80. The number of rotatable bonds is 9. The zero-order chi connectivity index (χ0) is 40.6. The number of ether oxygens (including phenoxy) is 1. The highest BCUT2D eigenvalue weighted by molar-refractivity contribution is 6.01. The second kappa shape index (κ2) is 19.3. The maximum absolute atomic E-state index is 14.8. The van der Waals surface area contributed by atoms with E-state index in [4.69, 9.17) is 9.94 Å². The number of hydrogen-bond donors (Lipinski definition) is 5. The highest BCUT2D eigenvalue weighted by atomic mass is 19.1. The number of piperidine rings is 2. The molecule has 16 heteroatoms. The minimum absolute atomic E-state index is 0. The molecule has 8 rings (SSSR count). The van der Waals surface area contributed by atoms with Crippen molar-refractivity contribution in [3.8, 4) is 11.4 Å². The molecular weight excluding hydrogens is 749 g/mol. The highest BCUT2D eigenvalue weighted by Gasteiger charge is 2.31. The fraction of sp³-hybridized carbons (Fsp3) is 0.571. The fourth-order valence-electron chi connectivity index (χ4n) is 8.79. The van der Waals surface area contributed by atoms with Crippen molar-refractivity contribution in [2.24, 2.45) is 5.92 Å². The molecule has 1 unspecified atom stereocenters. The molecule has 5 fully saturated rings. The highest BCUT2D eigenvalue weighted by Crippen LogP contribution is 2.35. The summed E-state index contributed by atoms with van der Waals surface area (Å²) in [7, 11) is 0. The standard InChI is InChI=1S/C23H32FN3O2.C19H23FN6O3.4H2/c1-15-2-5-18(6-3-15)27-12-10-16(11-13-27)19-7-4-17(14-20(19)24)25-21-8-9-22(28)26-23(21)29;20-14-11-21-18(22-12-5-7-13(25-28)8-6-12)24-17(14)15-3-1-4-16(23-15)26-9-2-10-29-19(26)27;;;;/h4,7,14-16,18,21,25H,2-3,5-6,8-13H2,1H3,(H,26,28,29);1,3-4,11-13,25,28H,2,5-10H2,(H,21,22,24);4*1H. The van der Waals surface area contributed by atoms with Crippen molar-refractivity contribution in [1.29, 1.82) is 0 Å². The molecular formula is C42H63F2N9O5. The lowest BCUT2D eigenvalue weighted by molar-refractivity contribution is -0.133. The Morgan fingerprint density at radius 2 is 1.62 bits per heavy atom. The lowest BCUT2D eigenvalue weighted by atomic mass is 9.83. The fourth-order valence-corrected chi connectivity index (χ4v) is 8.79. The Morgan fingerprint density at radius 1 is 0.862 bits per heavy atom. The Morgan fingerprint density at radius 3 is 2.33 bits per heavy atom. The number of aromatic nitrogens is 3. The van der Waals surface area contributed by atoms with Crippen LogP contribution >= 0.6 is 0 Å². The number of likely N-dealkylation sites (tertiary alicyclic amines) is 1. The normalized spacial score (nSPS) is 25.9. The smallest absolute Gasteiger partial charge is 0.415 e. The van der Waals surface area contributed by atoms with Gasteiger partial charge in [-0.15, -0.1) is 0 Å². The van der Waals surface area contributed by atoms with Crippen LogP contribution in [0.15, 0.2) is 42.6 Å². The van der Waals surface area contributed by atoms with Crippen LogP contribution in [0.4, 0.5) is 31.0 Å². The summed E-state index contributed by atoms with van der Waals surface area (Å²) < 4.78 is 34.3. The third-order valence-electron chi connectivity index (χ3n) is 12.3. The van der Waals surface area contributed by atoms with E-state index in [1.165, 1.54) is 36.6 Å². The van der Waals surface area contributed by atoms with Gasteiger partial charge >= 0.3 is 6.09 Å². The minimum Gasteiger partial charge on any atom is -0.449 e. The van der Waals surface area contributed by atoms with Gasteiger partial charge in [0, 0.05) is 42.5 Å². The van der Waals surface area contributed by atoms with E-state index in [1.807, 2.05) is 12.1 Å². The van der Waals surface area contributed by atoms with Crippen LogP contribution in [0.5, 0.6) is 0 Å². The number of hydrogen-bond acceptors (Lipinski definition) is 12. The lowest BCUT2D eigenvalue weighted by Crippen LogP contribution is -2.47. The molecule has 0 bridgehead atoms. The van der Waals surface area contributed by atoms with Crippen LogP contribution < -0.4 is 26.3 Å². The van der Waals surface area contributed by atoms with Gasteiger partial charge < -0.3 is 25.5 Å². The Balaban J connectivity index is 0.000000310. The van der Waals surface area contributed by atoms with Gasteiger partial charge in [0.05, 0.1) is 18.5 Å². The molecule has 3 aliphatic heterocycles. The average Bonchev–Trinajstić information content (AvgIpc) is 3.24. The number of hydroxylamine groups is 1. The van der Waals surface area contributed by atoms with Crippen molar-refractivity contribution in [2.45, 2.75) is 120 Å². The number of benzene rings is 1. The first-order valence-corrected chi connectivity index (χ1v) is 20.9. The summed E-state index contributed by atoms with van der Waals surface area (Å²) in [5.74, 6) is 0.477. The van der Waals surface area contributed by atoms with Crippen LogP contribution in [0.3, 0.4) is 0 Å². The third-order valence-corrected chi connectivity index (χ3v) is 12.3. The van der Waals surface area contributed by atoms with E-state index in [-0.39, 0.29) is 47.0 Å². The van der Waals surface area contributed by atoms with Gasteiger partial charge in [0.15, 0.2) is 5.82 Å². The van der Waals surface area contributed by atoms with Gasteiger partial charge in [0.25, 0.3) is 0 Å². The van der Waals surface area contributed by atoms with Gasteiger partial charge in [-0.05, 0) is 132 Å². The largest absolute Gasteiger partial charge is 0.449 e. The number of cyclic esters (lactones) is 1. The van der Waals surface area contributed by atoms with Gasteiger partial charge in [0.1, 0.15) is 23.4 Å². The molecule has 320 valence electrons. The van der Waals surface area contributed by atoms with Crippen molar-refractivity contribution in [3.05, 3.63) is 59.8 Å². The van der Waals surface area contributed by atoms with Crippen molar-refractivity contribution in [2.75, 3.05) is 41.8 Å². The first-order valence-electron chi connectivity index (χ1n) is 20.9. The zero-order valence-electron chi connectivity index (χ0n) is 33.1. The Bertz CT molecular complexity index is 1920. The SMILES string of the molecule is CC1CCC(N2CCC(c3ccc(NC4CCC(=O)NC4=O)cc3F)CC2)CC1.O=C1OCCCN1c1cccc(-c2nc(NC3CCC(NO)CC3)ncc2F)n1.[HH].[HH].[HH].[HH]. The van der Waals surface area contributed by atoms with E-state index in [0.29, 0.717) is 55.6 Å². The number of pyridine rings is 1. The molecule has 3 saturated heterocycles. The molecule has 5 N–H and O–H groups in total. The molecule has 0 spiro atoms. The average molecular weight is 812 g/mol. The predicted molar refractivity (Wildman–Crippen MR) is 223 cm³/mol. The molecule has 0 radical (unpaired) electrons. The van der Waals surface area contributed by atoms with E-state index in [9.17, 15) is 23.2 Å². The third kappa shape index (κ3) is 10.4. The van der Waals surface area contributed by atoms with Crippen LogP contribution in [-0.4, -0.2) is 93.4 Å². The van der Waals surface area contributed by atoms with E-state index in [2.05, 4.69) is 48.2 Å². The number of nitrogens with one attached hydrogen (secondary N) is 4. The minimum atomic E-state index is -0.588. The van der Waals surface area contributed by atoms with E-state index in [1.54, 1.807) is 18.2 Å². The van der Waals surface area contributed by atoms with Crippen molar-refractivity contribution in [3.63, 3.8) is 0 Å². The molecule has 5 aliphatic rings. The molecule has 3 amide bonds. The maximum Gasteiger partial charge on any atom is 0.415 e. The van der Waals surface area contributed by atoms with E-state index in [0.717, 1.165) is 75.3 Å². The first-order chi connectivity index (χ1) is 28.1. The predicted octanol–water partition coefficient (Wildman–Crippen LogP) is 7.51. The monoisotopic (exact) mass is 811 g/mol. The number of carbonyl (C=O) groups excluding carboxylic acids is 3. The van der Waals surface area contributed by atoms with Crippen LogP contribution in [0.25, 0.3) is 11.4 Å². The zero-order valence-corrected chi connectivity index (χ0v) is 33.1. The molecule has 2 saturated carbocycles.